The quantitative estimate of drug-likeness (QED) is 0.853. The summed E-state index contributed by atoms with van der Waals surface area (Å²) >= 11 is 0. The maximum absolute atomic E-state index is 12.7. The minimum atomic E-state index is -0.0955. The van der Waals surface area contributed by atoms with Gasteiger partial charge in [-0.1, -0.05) is 17.7 Å². The molecule has 1 aromatic carbocycles. The Hall–Kier alpha value is -2.56. The van der Waals surface area contributed by atoms with Crippen molar-refractivity contribution >= 4 is 17.5 Å². The molecule has 1 aromatic heterocycles. The predicted molar refractivity (Wildman–Crippen MR) is 89.4 cm³/mol. The van der Waals surface area contributed by atoms with Crippen molar-refractivity contribution in [3.8, 4) is 0 Å². The van der Waals surface area contributed by atoms with Crippen LogP contribution in [0.3, 0.4) is 0 Å². The number of carbonyl (C=O) groups is 2. The van der Waals surface area contributed by atoms with Gasteiger partial charge < -0.3 is 14.4 Å². The molecule has 5 nitrogen and oxygen atoms in total. The first-order chi connectivity index (χ1) is 11.0. The van der Waals surface area contributed by atoms with Gasteiger partial charge >= 0.3 is 0 Å². The number of benzene rings is 1. The maximum Gasteiger partial charge on any atom is 0.271 e. The molecule has 0 spiro atoms. The van der Waals surface area contributed by atoms with E-state index in [-0.39, 0.29) is 24.4 Å². The normalized spacial score (nSPS) is 18.4. The van der Waals surface area contributed by atoms with Crippen molar-refractivity contribution in [1.82, 2.24) is 9.47 Å². The number of aromatic nitrogens is 1. The fraction of sp³-hybridized carbons (Fsp3) is 0.333. The summed E-state index contributed by atoms with van der Waals surface area (Å²) in [6, 6.07) is 11.5. The Bertz CT molecular complexity index is 733. The molecule has 1 fully saturated rings. The lowest BCUT2D eigenvalue weighted by atomic mass is 10.1. The van der Waals surface area contributed by atoms with Crippen LogP contribution in [0.5, 0.6) is 0 Å². The second kappa shape index (κ2) is 5.91. The fourth-order valence-corrected chi connectivity index (χ4v) is 2.93. The molecular formula is C18H21N3O2. The van der Waals surface area contributed by atoms with Gasteiger partial charge in [0.15, 0.2) is 0 Å². The van der Waals surface area contributed by atoms with E-state index in [1.807, 2.05) is 57.4 Å². The number of rotatable bonds is 2. The minimum absolute atomic E-state index is 0.0311. The Morgan fingerprint density at radius 3 is 2.48 bits per heavy atom. The molecule has 0 N–H and O–H groups in total. The molecule has 1 aliphatic rings. The van der Waals surface area contributed by atoms with Crippen molar-refractivity contribution in [2.45, 2.75) is 19.9 Å². The SMILES string of the molecule is Cc1ccc(N2CC(C)N(C(=O)c3cccn3C)CC2=O)cc1. The van der Waals surface area contributed by atoms with E-state index in [1.54, 1.807) is 20.4 Å². The molecule has 1 atom stereocenters. The molecule has 1 aliphatic heterocycles. The highest BCUT2D eigenvalue weighted by atomic mass is 16.2. The molecule has 2 heterocycles. The fourth-order valence-electron chi connectivity index (χ4n) is 2.93. The molecule has 120 valence electrons. The number of amides is 2. The Morgan fingerprint density at radius 2 is 1.87 bits per heavy atom. The third-order valence-corrected chi connectivity index (χ3v) is 4.35. The summed E-state index contributed by atoms with van der Waals surface area (Å²) in [4.78, 5) is 28.6. The third-order valence-electron chi connectivity index (χ3n) is 4.35. The van der Waals surface area contributed by atoms with Gasteiger partial charge in [-0.2, -0.15) is 0 Å². The topological polar surface area (TPSA) is 45.5 Å². The van der Waals surface area contributed by atoms with E-state index < -0.39 is 0 Å². The molecule has 2 amide bonds. The summed E-state index contributed by atoms with van der Waals surface area (Å²) in [5.41, 5.74) is 2.65. The van der Waals surface area contributed by atoms with Gasteiger partial charge in [0, 0.05) is 31.5 Å². The molecule has 1 unspecified atom stereocenters. The Labute approximate surface area is 136 Å². The van der Waals surface area contributed by atoms with Crippen LogP contribution in [0, 0.1) is 6.92 Å². The molecule has 23 heavy (non-hydrogen) atoms. The second-order valence-electron chi connectivity index (χ2n) is 6.13. The van der Waals surface area contributed by atoms with Gasteiger partial charge in [-0.25, -0.2) is 0 Å². The smallest absolute Gasteiger partial charge is 0.271 e. The van der Waals surface area contributed by atoms with E-state index in [4.69, 9.17) is 0 Å². The van der Waals surface area contributed by atoms with Crippen molar-refractivity contribution in [1.29, 1.82) is 0 Å². The van der Waals surface area contributed by atoms with Crippen LogP contribution in [0.2, 0.25) is 0 Å². The van der Waals surface area contributed by atoms with Crippen LogP contribution in [0.1, 0.15) is 23.0 Å². The van der Waals surface area contributed by atoms with Crippen LogP contribution in [0.4, 0.5) is 5.69 Å². The highest BCUT2D eigenvalue weighted by molar-refractivity contribution is 6.01. The number of hydrogen-bond donors (Lipinski definition) is 0. The number of anilines is 1. The number of piperazine rings is 1. The first-order valence-electron chi connectivity index (χ1n) is 7.76. The Balaban J connectivity index is 1.79. The number of hydrogen-bond acceptors (Lipinski definition) is 2. The molecular weight excluding hydrogens is 290 g/mol. The lowest BCUT2D eigenvalue weighted by molar-refractivity contribution is -0.121. The summed E-state index contributed by atoms with van der Waals surface area (Å²) in [6.45, 7) is 4.62. The lowest BCUT2D eigenvalue weighted by Crippen LogP contribution is -2.57. The van der Waals surface area contributed by atoms with Gasteiger partial charge in [-0.05, 0) is 38.1 Å². The number of carbonyl (C=O) groups excluding carboxylic acids is 2. The van der Waals surface area contributed by atoms with Gasteiger partial charge in [-0.15, -0.1) is 0 Å². The molecule has 0 saturated carbocycles. The third kappa shape index (κ3) is 2.86. The van der Waals surface area contributed by atoms with Crippen molar-refractivity contribution in [3.05, 3.63) is 53.9 Å². The van der Waals surface area contributed by atoms with E-state index in [1.165, 1.54) is 0 Å². The van der Waals surface area contributed by atoms with E-state index in [0.29, 0.717) is 12.2 Å². The Kier molecular flexibility index (Phi) is 3.94. The van der Waals surface area contributed by atoms with Crippen molar-refractivity contribution in [3.63, 3.8) is 0 Å². The second-order valence-corrected chi connectivity index (χ2v) is 6.13. The zero-order valence-corrected chi connectivity index (χ0v) is 13.7. The number of nitrogens with zero attached hydrogens (tertiary/aromatic N) is 3. The average Bonchev–Trinajstić information content (AvgIpc) is 2.95. The van der Waals surface area contributed by atoms with Gasteiger partial charge in [-0.3, -0.25) is 9.59 Å². The van der Waals surface area contributed by atoms with Gasteiger partial charge in [0.25, 0.3) is 5.91 Å². The molecule has 5 heteroatoms. The Morgan fingerprint density at radius 1 is 1.17 bits per heavy atom. The van der Waals surface area contributed by atoms with E-state index >= 15 is 0 Å². The summed E-state index contributed by atoms with van der Waals surface area (Å²) in [5.74, 6) is -0.142. The van der Waals surface area contributed by atoms with Gasteiger partial charge in [0.2, 0.25) is 5.91 Å². The monoisotopic (exact) mass is 311 g/mol. The highest BCUT2D eigenvalue weighted by Crippen LogP contribution is 2.22. The van der Waals surface area contributed by atoms with Gasteiger partial charge in [0.05, 0.1) is 0 Å². The molecule has 0 radical (unpaired) electrons. The summed E-state index contributed by atoms with van der Waals surface area (Å²) in [7, 11) is 1.84. The van der Waals surface area contributed by atoms with Crippen molar-refractivity contribution in [2.24, 2.45) is 7.05 Å². The van der Waals surface area contributed by atoms with Gasteiger partial charge in [0.1, 0.15) is 12.2 Å². The lowest BCUT2D eigenvalue weighted by Gasteiger charge is -2.39. The summed E-state index contributed by atoms with van der Waals surface area (Å²) < 4.78 is 1.78. The number of aryl methyl sites for hydroxylation is 2. The van der Waals surface area contributed by atoms with E-state index in [2.05, 4.69) is 0 Å². The maximum atomic E-state index is 12.7. The first kappa shape index (κ1) is 15.3. The van der Waals surface area contributed by atoms with Crippen LogP contribution >= 0.6 is 0 Å². The predicted octanol–water partition coefficient (Wildman–Crippen LogP) is 2.21. The van der Waals surface area contributed by atoms with E-state index in [0.717, 1.165) is 11.3 Å². The zero-order chi connectivity index (χ0) is 16.6. The standard InChI is InChI=1S/C18H21N3O2/c1-13-6-8-15(9-7-13)21-11-14(2)20(12-17(21)22)18(23)16-5-4-10-19(16)3/h4-10,14H,11-12H2,1-3H3. The average molecular weight is 311 g/mol. The molecule has 0 aliphatic carbocycles. The van der Waals surface area contributed by atoms with E-state index in [9.17, 15) is 9.59 Å². The molecule has 1 saturated heterocycles. The van der Waals surface area contributed by atoms with Crippen LogP contribution in [0.25, 0.3) is 0 Å². The van der Waals surface area contributed by atoms with Crippen molar-refractivity contribution < 1.29 is 9.59 Å². The first-order valence-corrected chi connectivity index (χ1v) is 7.76. The minimum Gasteiger partial charge on any atom is -0.347 e. The van der Waals surface area contributed by atoms with Crippen LogP contribution < -0.4 is 4.90 Å². The van der Waals surface area contributed by atoms with Crippen LogP contribution in [-0.2, 0) is 11.8 Å². The van der Waals surface area contributed by atoms with Crippen LogP contribution in [0.15, 0.2) is 42.6 Å². The summed E-state index contributed by atoms with van der Waals surface area (Å²) in [5, 5.41) is 0. The van der Waals surface area contributed by atoms with Crippen LogP contribution in [-0.4, -0.2) is 40.4 Å². The molecule has 2 aromatic rings. The largest absolute Gasteiger partial charge is 0.347 e. The summed E-state index contributed by atoms with van der Waals surface area (Å²) in [6.07, 6.45) is 1.84. The zero-order valence-electron chi connectivity index (χ0n) is 13.7. The molecule has 0 bridgehead atoms. The van der Waals surface area contributed by atoms with Crippen molar-refractivity contribution in [2.75, 3.05) is 18.0 Å². The molecule has 3 rings (SSSR count). The highest BCUT2D eigenvalue weighted by Gasteiger charge is 2.34.